The molecular formula is C21H20ClNO5. The van der Waals surface area contributed by atoms with Gasteiger partial charge in [0.25, 0.3) is 5.91 Å². The number of hydrogen-bond acceptors (Lipinski definition) is 5. The molecule has 2 rings (SSSR count). The predicted molar refractivity (Wildman–Crippen MR) is 109 cm³/mol. The van der Waals surface area contributed by atoms with Crippen molar-refractivity contribution in [2.24, 2.45) is 0 Å². The van der Waals surface area contributed by atoms with E-state index in [4.69, 9.17) is 25.8 Å². The summed E-state index contributed by atoms with van der Waals surface area (Å²) in [6.45, 7) is 3.56. The molecule has 0 heterocycles. The molecule has 0 atom stereocenters. The number of carbonyl (C=O) groups is 2. The molecule has 2 aromatic rings. The van der Waals surface area contributed by atoms with Crippen molar-refractivity contribution in [3.8, 4) is 11.5 Å². The molecule has 0 aromatic heterocycles. The Labute approximate surface area is 168 Å². The van der Waals surface area contributed by atoms with Gasteiger partial charge in [0.05, 0.1) is 12.8 Å². The molecule has 0 aliphatic heterocycles. The van der Waals surface area contributed by atoms with Crippen LogP contribution in [0.3, 0.4) is 0 Å². The fourth-order valence-corrected chi connectivity index (χ4v) is 2.32. The number of anilines is 1. The Kier molecular flexibility index (Phi) is 8.11. The second-order valence-corrected chi connectivity index (χ2v) is 5.94. The number of hydrogen-bond donors (Lipinski definition) is 1. The Hall–Kier alpha value is -3.25. The van der Waals surface area contributed by atoms with E-state index in [1.807, 2.05) is 0 Å². The molecule has 2 aromatic carbocycles. The van der Waals surface area contributed by atoms with E-state index in [1.165, 1.54) is 13.2 Å². The third-order valence-electron chi connectivity index (χ3n) is 3.44. The predicted octanol–water partition coefficient (Wildman–Crippen LogP) is 4.11. The van der Waals surface area contributed by atoms with Crippen LogP contribution in [0.25, 0.3) is 6.08 Å². The number of methoxy groups -OCH3 is 1. The van der Waals surface area contributed by atoms with Crippen LogP contribution in [-0.4, -0.2) is 32.2 Å². The Morgan fingerprint density at radius 3 is 2.61 bits per heavy atom. The minimum atomic E-state index is -0.639. The largest absolute Gasteiger partial charge is 0.495 e. The van der Waals surface area contributed by atoms with Gasteiger partial charge in [-0.3, -0.25) is 4.79 Å². The SMILES string of the molecule is C=CCOc1ccc(/C=C/C(=O)OCC(=O)Nc2cc(Cl)ccc2OC)cc1. The molecule has 0 radical (unpaired) electrons. The number of amides is 1. The lowest BCUT2D eigenvalue weighted by Gasteiger charge is -2.10. The number of halogens is 1. The highest BCUT2D eigenvalue weighted by Gasteiger charge is 2.10. The van der Waals surface area contributed by atoms with E-state index in [1.54, 1.807) is 54.6 Å². The fourth-order valence-electron chi connectivity index (χ4n) is 2.14. The van der Waals surface area contributed by atoms with Gasteiger partial charge in [-0.15, -0.1) is 0 Å². The lowest BCUT2D eigenvalue weighted by molar-refractivity contribution is -0.142. The van der Waals surface area contributed by atoms with Gasteiger partial charge < -0.3 is 19.5 Å². The van der Waals surface area contributed by atoms with Gasteiger partial charge in [0.2, 0.25) is 0 Å². The average molecular weight is 402 g/mol. The van der Waals surface area contributed by atoms with Crippen LogP contribution in [0.2, 0.25) is 5.02 Å². The summed E-state index contributed by atoms with van der Waals surface area (Å²) in [5.74, 6) is 0.00320. The summed E-state index contributed by atoms with van der Waals surface area (Å²) < 4.78 is 15.4. The molecule has 0 bridgehead atoms. The number of nitrogens with one attached hydrogen (secondary N) is 1. The van der Waals surface area contributed by atoms with Crippen molar-refractivity contribution in [3.05, 3.63) is 71.8 Å². The summed E-state index contributed by atoms with van der Waals surface area (Å²) in [7, 11) is 1.47. The van der Waals surface area contributed by atoms with E-state index in [0.29, 0.717) is 28.8 Å². The van der Waals surface area contributed by atoms with E-state index < -0.39 is 18.5 Å². The van der Waals surface area contributed by atoms with Crippen LogP contribution in [0, 0.1) is 0 Å². The van der Waals surface area contributed by atoms with E-state index in [-0.39, 0.29) is 0 Å². The van der Waals surface area contributed by atoms with Crippen LogP contribution in [0.15, 0.2) is 61.2 Å². The summed E-state index contributed by atoms with van der Waals surface area (Å²) in [5.41, 5.74) is 1.18. The van der Waals surface area contributed by atoms with Crippen LogP contribution in [0.4, 0.5) is 5.69 Å². The topological polar surface area (TPSA) is 73.9 Å². The molecule has 0 saturated carbocycles. The van der Waals surface area contributed by atoms with Gasteiger partial charge in [0.1, 0.15) is 18.1 Å². The van der Waals surface area contributed by atoms with E-state index in [2.05, 4.69) is 11.9 Å². The van der Waals surface area contributed by atoms with Crippen LogP contribution in [0.5, 0.6) is 11.5 Å². The first kappa shape index (κ1) is 21.1. The van der Waals surface area contributed by atoms with Crippen LogP contribution < -0.4 is 14.8 Å². The highest BCUT2D eigenvalue weighted by molar-refractivity contribution is 6.31. The maximum absolute atomic E-state index is 12.0. The molecule has 6 nitrogen and oxygen atoms in total. The van der Waals surface area contributed by atoms with Gasteiger partial charge in [-0.05, 0) is 42.0 Å². The van der Waals surface area contributed by atoms with Crippen LogP contribution in [-0.2, 0) is 14.3 Å². The summed E-state index contributed by atoms with van der Waals surface area (Å²) in [4.78, 5) is 23.8. The maximum atomic E-state index is 12.0. The normalized spacial score (nSPS) is 10.4. The zero-order valence-corrected chi connectivity index (χ0v) is 16.1. The molecule has 0 unspecified atom stereocenters. The molecule has 1 N–H and O–H groups in total. The second kappa shape index (κ2) is 10.8. The van der Waals surface area contributed by atoms with E-state index in [0.717, 1.165) is 5.56 Å². The van der Waals surface area contributed by atoms with Gasteiger partial charge in [0.15, 0.2) is 6.61 Å². The van der Waals surface area contributed by atoms with Crippen molar-refractivity contribution >= 4 is 35.2 Å². The lowest BCUT2D eigenvalue weighted by atomic mass is 10.2. The Bertz CT molecular complexity index is 862. The fraction of sp³-hybridized carbons (Fsp3) is 0.143. The average Bonchev–Trinajstić information content (AvgIpc) is 2.70. The summed E-state index contributed by atoms with van der Waals surface area (Å²) in [6, 6.07) is 11.9. The highest BCUT2D eigenvalue weighted by atomic mass is 35.5. The van der Waals surface area contributed by atoms with Gasteiger partial charge in [0, 0.05) is 11.1 Å². The third kappa shape index (κ3) is 6.81. The molecule has 0 aliphatic carbocycles. The number of esters is 1. The minimum Gasteiger partial charge on any atom is -0.495 e. The molecule has 7 heteroatoms. The number of benzene rings is 2. The van der Waals surface area contributed by atoms with Crippen LogP contribution >= 0.6 is 11.6 Å². The Morgan fingerprint density at radius 1 is 1.18 bits per heavy atom. The smallest absolute Gasteiger partial charge is 0.331 e. The molecule has 1 amide bonds. The zero-order valence-electron chi connectivity index (χ0n) is 15.3. The van der Waals surface area contributed by atoms with E-state index in [9.17, 15) is 9.59 Å². The maximum Gasteiger partial charge on any atom is 0.331 e. The van der Waals surface area contributed by atoms with Crippen LogP contribution in [0.1, 0.15) is 5.56 Å². The number of carbonyl (C=O) groups excluding carboxylic acids is 2. The van der Waals surface area contributed by atoms with Crippen molar-refractivity contribution in [2.45, 2.75) is 0 Å². The number of rotatable bonds is 9. The lowest BCUT2D eigenvalue weighted by Crippen LogP contribution is -2.20. The van der Waals surface area contributed by atoms with E-state index >= 15 is 0 Å². The first-order chi connectivity index (χ1) is 13.5. The molecule has 0 saturated heterocycles. The third-order valence-corrected chi connectivity index (χ3v) is 3.68. The second-order valence-electron chi connectivity index (χ2n) is 5.50. The molecule has 0 spiro atoms. The molecule has 146 valence electrons. The highest BCUT2D eigenvalue weighted by Crippen LogP contribution is 2.27. The van der Waals surface area contributed by atoms with Gasteiger partial charge in [-0.1, -0.05) is 36.4 Å². The molecule has 28 heavy (non-hydrogen) atoms. The first-order valence-electron chi connectivity index (χ1n) is 8.34. The quantitative estimate of drug-likeness (QED) is 0.389. The molecule has 0 aliphatic rings. The first-order valence-corrected chi connectivity index (χ1v) is 8.71. The minimum absolute atomic E-state index is 0.394. The standard InChI is InChI=1S/C21H20ClNO5/c1-3-12-27-17-8-4-15(5-9-17)6-11-21(25)28-14-20(24)23-18-13-16(22)7-10-19(18)26-2/h3-11,13H,1,12,14H2,2H3,(H,23,24)/b11-6+. The summed E-state index contributed by atoms with van der Waals surface area (Å²) in [6.07, 6.45) is 4.48. The van der Waals surface area contributed by atoms with Crippen molar-refractivity contribution in [1.82, 2.24) is 0 Å². The summed E-state index contributed by atoms with van der Waals surface area (Å²) >= 11 is 5.91. The van der Waals surface area contributed by atoms with Gasteiger partial charge >= 0.3 is 5.97 Å². The Balaban J connectivity index is 1.83. The van der Waals surface area contributed by atoms with Crippen molar-refractivity contribution in [2.75, 3.05) is 25.6 Å². The van der Waals surface area contributed by atoms with Gasteiger partial charge in [-0.25, -0.2) is 4.79 Å². The van der Waals surface area contributed by atoms with Gasteiger partial charge in [-0.2, -0.15) is 0 Å². The van der Waals surface area contributed by atoms with Crippen molar-refractivity contribution in [1.29, 1.82) is 0 Å². The molecule has 0 fully saturated rings. The number of ether oxygens (including phenoxy) is 3. The van der Waals surface area contributed by atoms with Crippen molar-refractivity contribution < 1.29 is 23.8 Å². The molecular weight excluding hydrogens is 382 g/mol. The Morgan fingerprint density at radius 2 is 1.93 bits per heavy atom. The van der Waals surface area contributed by atoms with Crippen molar-refractivity contribution in [3.63, 3.8) is 0 Å². The summed E-state index contributed by atoms with van der Waals surface area (Å²) in [5, 5.41) is 3.03. The monoisotopic (exact) mass is 401 g/mol. The zero-order chi connectivity index (χ0) is 20.4.